The molecule has 0 saturated heterocycles. The van der Waals surface area contributed by atoms with Gasteiger partial charge in [0.1, 0.15) is 5.00 Å². The van der Waals surface area contributed by atoms with Crippen molar-refractivity contribution in [1.82, 2.24) is 5.27 Å². The molecule has 1 amide bonds. The molecule has 0 saturated carbocycles. The normalized spacial score (nSPS) is 16.0. The molecule has 0 aliphatic heterocycles. The van der Waals surface area contributed by atoms with E-state index in [1.54, 1.807) is 7.05 Å². The van der Waals surface area contributed by atoms with E-state index in [-0.39, 0.29) is 12.3 Å². The molecule has 2 aromatic heterocycles. The minimum atomic E-state index is -0.462. The molecule has 10 heteroatoms. The summed E-state index contributed by atoms with van der Waals surface area (Å²) in [5.41, 5.74) is 1.03. The Morgan fingerprint density at radius 2 is 2.26 bits per heavy atom. The molecule has 2 heterocycles. The number of aromatic nitrogens is 2. The average Bonchev–Trinajstić information content (AvgIpc) is 3.14. The number of thioether (sulfide) groups is 1. The topological polar surface area (TPSA) is 105 Å². The molecule has 1 aliphatic carbocycles. The Balaban J connectivity index is 1.68. The molecule has 27 heavy (non-hydrogen) atoms. The van der Waals surface area contributed by atoms with E-state index in [2.05, 4.69) is 22.0 Å². The Morgan fingerprint density at radius 3 is 2.93 bits per heavy atom. The number of anilines is 1. The number of amides is 1. The lowest BCUT2D eigenvalue weighted by atomic mass is 9.88. The van der Waals surface area contributed by atoms with Crippen molar-refractivity contribution >= 4 is 40.0 Å². The van der Waals surface area contributed by atoms with Crippen LogP contribution in [0, 0.1) is 5.92 Å². The van der Waals surface area contributed by atoms with Crippen molar-refractivity contribution in [3.05, 3.63) is 26.4 Å². The van der Waals surface area contributed by atoms with Crippen LogP contribution < -0.4 is 15.6 Å². The molecule has 2 N–H and O–H groups in total. The highest BCUT2D eigenvalue weighted by Gasteiger charge is 2.29. The van der Waals surface area contributed by atoms with Crippen LogP contribution in [-0.2, 0) is 29.4 Å². The lowest BCUT2D eigenvalue weighted by molar-refractivity contribution is -0.772. The fraction of sp³-hybridized carbons (Fsp3) is 0.529. The number of esters is 1. The zero-order valence-electron chi connectivity index (χ0n) is 15.4. The summed E-state index contributed by atoms with van der Waals surface area (Å²) >= 11 is 2.70. The third-order valence-electron chi connectivity index (χ3n) is 4.48. The van der Waals surface area contributed by atoms with Crippen LogP contribution >= 0.6 is 23.1 Å². The van der Waals surface area contributed by atoms with E-state index in [9.17, 15) is 14.4 Å². The highest BCUT2D eigenvalue weighted by Crippen LogP contribution is 2.40. The molecule has 0 bridgehead atoms. The number of thiophene rings is 1. The first-order valence-electron chi connectivity index (χ1n) is 8.63. The first-order valence-corrected chi connectivity index (χ1v) is 10.4. The maximum Gasteiger partial charge on any atom is 0.441 e. The molecule has 146 valence electrons. The fourth-order valence-electron chi connectivity index (χ4n) is 3.07. The largest absolute Gasteiger partial charge is 0.465 e. The molecular weight excluding hydrogens is 390 g/mol. The van der Waals surface area contributed by atoms with Crippen LogP contribution in [0.4, 0.5) is 5.00 Å². The maximum absolute atomic E-state index is 12.4. The number of carbonyl (C=O) groups is 2. The second kappa shape index (κ2) is 8.30. The minimum absolute atomic E-state index is 0.203. The Morgan fingerprint density at radius 1 is 1.48 bits per heavy atom. The quantitative estimate of drug-likeness (QED) is 0.426. The number of rotatable bonds is 6. The third kappa shape index (κ3) is 4.27. The molecule has 1 aliphatic rings. The van der Waals surface area contributed by atoms with Crippen molar-refractivity contribution in [3.8, 4) is 0 Å². The van der Waals surface area contributed by atoms with Crippen LogP contribution in [0.5, 0.6) is 0 Å². The van der Waals surface area contributed by atoms with Gasteiger partial charge in [0.25, 0.3) is 0 Å². The number of nitrogens with one attached hydrogen (secondary N) is 2. The molecule has 0 aromatic carbocycles. The van der Waals surface area contributed by atoms with Crippen molar-refractivity contribution in [2.24, 2.45) is 13.0 Å². The summed E-state index contributed by atoms with van der Waals surface area (Å²) < 4.78 is 11.1. The average molecular weight is 413 g/mol. The molecule has 0 spiro atoms. The SMILES string of the molecule is COC(=O)c1c(NC(=O)CCSc2c(=O)o[nH][n+]2C)sc2c1CCC(C)C2. The number of carbonyl (C=O) groups excluding carboxylic acids is 2. The van der Waals surface area contributed by atoms with E-state index in [0.29, 0.717) is 27.3 Å². The summed E-state index contributed by atoms with van der Waals surface area (Å²) in [5.74, 6) is 0.360. The van der Waals surface area contributed by atoms with Gasteiger partial charge in [-0.15, -0.1) is 11.3 Å². The Hall–Kier alpha value is -2.07. The highest BCUT2D eigenvalue weighted by atomic mass is 32.2. The number of aryl methyl sites for hydroxylation is 1. The molecule has 2 aromatic rings. The van der Waals surface area contributed by atoms with Crippen LogP contribution in [0.25, 0.3) is 0 Å². The molecule has 0 radical (unpaired) electrons. The Labute approximate surface area is 164 Å². The molecule has 3 rings (SSSR count). The molecule has 1 atom stereocenters. The van der Waals surface area contributed by atoms with Gasteiger partial charge in [-0.05, 0) is 47.8 Å². The van der Waals surface area contributed by atoms with Crippen molar-refractivity contribution in [2.75, 3.05) is 18.2 Å². The zero-order chi connectivity index (χ0) is 19.6. The van der Waals surface area contributed by atoms with Crippen LogP contribution in [0.3, 0.4) is 0 Å². The van der Waals surface area contributed by atoms with Gasteiger partial charge in [-0.1, -0.05) is 11.6 Å². The van der Waals surface area contributed by atoms with Gasteiger partial charge in [0.15, 0.2) is 7.05 Å². The van der Waals surface area contributed by atoms with Crippen molar-refractivity contribution in [2.45, 2.75) is 37.6 Å². The second-order valence-electron chi connectivity index (χ2n) is 6.54. The predicted molar refractivity (Wildman–Crippen MR) is 101 cm³/mol. The molecule has 0 fully saturated rings. The summed E-state index contributed by atoms with van der Waals surface area (Å²) in [6.07, 6.45) is 2.96. The Kier molecular flexibility index (Phi) is 6.05. The van der Waals surface area contributed by atoms with Gasteiger partial charge in [-0.2, -0.15) is 0 Å². The standard InChI is InChI=1S/C17H21N3O5S2/c1-9-4-5-10-11(8-9)27-14(13(10)16(22)24-3)18-12(21)6-7-26-15-17(23)25-19-20(15)2/h9H,4-8H2,1-3H3,(H-,18,19,21,22,23)/p+1. The predicted octanol–water partition coefficient (Wildman–Crippen LogP) is 1.89. The number of hydrogen-bond acceptors (Lipinski definition) is 7. The second-order valence-corrected chi connectivity index (χ2v) is 8.73. The van der Waals surface area contributed by atoms with Crippen LogP contribution in [0.15, 0.2) is 14.3 Å². The van der Waals surface area contributed by atoms with E-state index in [1.165, 1.54) is 34.9 Å². The van der Waals surface area contributed by atoms with Crippen LogP contribution in [0.2, 0.25) is 0 Å². The van der Waals surface area contributed by atoms with Gasteiger partial charge < -0.3 is 10.1 Å². The number of H-pyrrole nitrogens is 1. The summed E-state index contributed by atoms with van der Waals surface area (Å²) in [6.45, 7) is 2.19. The minimum Gasteiger partial charge on any atom is -0.465 e. The monoisotopic (exact) mass is 412 g/mol. The summed E-state index contributed by atoms with van der Waals surface area (Å²) in [4.78, 5) is 37.3. The molecular formula is C17H22N3O5S2+. The van der Waals surface area contributed by atoms with E-state index in [1.807, 2.05) is 0 Å². The highest BCUT2D eigenvalue weighted by molar-refractivity contribution is 7.99. The number of nitrogens with zero attached hydrogens (tertiary/aromatic N) is 1. The summed E-state index contributed by atoms with van der Waals surface area (Å²) in [6, 6.07) is 0. The van der Waals surface area contributed by atoms with Crippen LogP contribution in [0.1, 0.15) is 40.6 Å². The maximum atomic E-state index is 12.4. The number of methoxy groups -OCH3 is 1. The van der Waals surface area contributed by atoms with Crippen molar-refractivity contribution < 1.29 is 23.5 Å². The van der Waals surface area contributed by atoms with Gasteiger partial charge in [-0.25, -0.2) is 9.59 Å². The number of ether oxygens (including phenoxy) is 1. The zero-order valence-corrected chi connectivity index (χ0v) is 17.1. The lowest BCUT2D eigenvalue weighted by Crippen LogP contribution is -2.33. The van der Waals surface area contributed by atoms with Gasteiger partial charge in [-0.3, -0.25) is 9.32 Å². The first kappa shape index (κ1) is 19.7. The lowest BCUT2D eigenvalue weighted by Gasteiger charge is -2.18. The van der Waals surface area contributed by atoms with Crippen LogP contribution in [-0.4, -0.2) is 30.0 Å². The Bertz CT molecular complexity index is 914. The fourth-order valence-corrected chi connectivity index (χ4v) is 5.36. The van der Waals surface area contributed by atoms with Crippen molar-refractivity contribution in [1.29, 1.82) is 0 Å². The number of fused-ring (bicyclic) bond motifs is 1. The van der Waals surface area contributed by atoms with Gasteiger partial charge in [0.05, 0.1) is 12.7 Å². The van der Waals surface area contributed by atoms with Gasteiger partial charge >= 0.3 is 16.6 Å². The third-order valence-corrected chi connectivity index (χ3v) is 6.77. The van der Waals surface area contributed by atoms with E-state index < -0.39 is 11.6 Å². The smallest absolute Gasteiger partial charge is 0.441 e. The van der Waals surface area contributed by atoms with Gasteiger partial charge in [0, 0.05) is 17.1 Å². The molecule has 1 unspecified atom stereocenters. The van der Waals surface area contributed by atoms with E-state index >= 15 is 0 Å². The first-order chi connectivity index (χ1) is 12.9. The summed E-state index contributed by atoms with van der Waals surface area (Å²) in [5, 5.41) is 6.25. The van der Waals surface area contributed by atoms with Gasteiger partial charge in [0.2, 0.25) is 5.91 Å². The number of hydrogen-bond donors (Lipinski definition) is 2. The molecule has 8 nitrogen and oxygen atoms in total. The van der Waals surface area contributed by atoms with E-state index in [4.69, 9.17) is 4.74 Å². The number of aromatic amines is 1. The van der Waals surface area contributed by atoms with Crippen molar-refractivity contribution in [3.63, 3.8) is 0 Å². The summed E-state index contributed by atoms with van der Waals surface area (Å²) in [7, 11) is 3.01. The van der Waals surface area contributed by atoms with E-state index in [0.717, 1.165) is 29.7 Å².